The summed E-state index contributed by atoms with van der Waals surface area (Å²) in [4.78, 5) is 26.4. The minimum absolute atomic E-state index is 0.0397. The maximum Gasteiger partial charge on any atom is 0.253 e. The van der Waals surface area contributed by atoms with Crippen molar-refractivity contribution in [1.82, 2.24) is 19.8 Å². The predicted molar refractivity (Wildman–Crippen MR) is 128 cm³/mol. The zero-order valence-electron chi connectivity index (χ0n) is 19.6. The van der Waals surface area contributed by atoms with Gasteiger partial charge in [0.2, 0.25) is 5.88 Å². The lowest BCUT2D eigenvalue weighted by atomic mass is 10.1. The van der Waals surface area contributed by atoms with Crippen molar-refractivity contribution in [1.29, 1.82) is 0 Å². The Balaban J connectivity index is 1.47. The number of hydrogen-bond donors (Lipinski definition) is 0. The van der Waals surface area contributed by atoms with Gasteiger partial charge in [-0.25, -0.2) is 4.98 Å². The summed E-state index contributed by atoms with van der Waals surface area (Å²) in [6, 6.07) is 14.1. The van der Waals surface area contributed by atoms with E-state index in [0.29, 0.717) is 44.6 Å². The van der Waals surface area contributed by atoms with Gasteiger partial charge in [-0.15, -0.1) is 0 Å². The van der Waals surface area contributed by atoms with Gasteiger partial charge in [0.15, 0.2) is 0 Å². The van der Waals surface area contributed by atoms with E-state index in [1.54, 1.807) is 19.5 Å². The molecule has 0 saturated carbocycles. The molecule has 1 aliphatic rings. The zero-order valence-corrected chi connectivity index (χ0v) is 19.6. The fourth-order valence-corrected chi connectivity index (χ4v) is 4.29. The maximum atomic E-state index is 13.5. The summed E-state index contributed by atoms with van der Waals surface area (Å²) in [5, 5.41) is 1.08. The Morgan fingerprint density at radius 3 is 2.85 bits per heavy atom. The van der Waals surface area contributed by atoms with E-state index in [1.165, 1.54) is 0 Å². The SMILES string of the molecule is COc1ncccc1CN1CCOC(C(=O)N(Cc2ccc3ncccc3c2)CC(C)C)C1. The van der Waals surface area contributed by atoms with Crippen LogP contribution in [0.3, 0.4) is 0 Å². The van der Waals surface area contributed by atoms with E-state index in [-0.39, 0.29) is 5.91 Å². The summed E-state index contributed by atoms with van der Waals surface area (Å²) in [7, 11) is 1.63. The molecule has 0 bridgehead atoms. The van der Waals surface area contributed by atoms with Crippen molar-refractivity contribution < 1.29 is 14.3 Å². The first-order valence-electron chi connectivity index (χ1n) is 11.5. The van der Waals surface area contributed by atoms with Crippen LogP contribution >= 0.6 is 0 Å². The van der Waals surface area contributed by atoms with Gasteiger partial charge in [0.25, 0.3) is 5.91 Å². The minimum Gasteiger partial charge on any atom is -0.481 e. The molecule has 33 heavy (non-hydrogen) atoms. The highest BCUT2D eigenvalue weighted by molar-refractivity contribution is 5.82. The number of amides is 1. The van der Waals surface area contributed by atoms with E-state index in [9.17, 15) is 4.79 Å². The van der Waals surface area contributed by atoms with E-state index in [0.717, 1.165) is 28.6 Å². The van der Waals surface area contributed by atoms with Gasteiger partial charge in [-0.1, -0.05) is 32.0 Å². The minimum atomic E-state index is -0.484. The lowest BCUT2D eigenvalue weighted by Gasteiger charge is -2.35. The lowest BCUT2D eigenvalue weighted by Crippen LogP contribution is -2.51. The molecule has 2 aromatic heterocycles. The Kier molecular flexibility index (Phi) is 7.52. The van der Waals surface area contributed by atoms with Gasteiger partial charge in [0.05, 0.1) is 19.2 Å². The molecule has 0 aliphatic carbocycles. The fourth-order valence-electron chi connectivity index (χ4n) is 4.29. The number of carbonyl (C=O) groups excluding carboxylic acids is 1. The number of fused-ring (bicyclic) bond motifs is 1. The average molecular weight is 449 g/mol. The average Bonchev–Trinajstić information content (AvgIpc) is 2.83. The maximum absolute atomic E-state index is 13.5. The van der Waals surface area contributed by atoms with Crippen molar-refractivity contribution in [3.63, 3.8) is 0 Å². The molecule has 0 N–H and O–H groups in total. The van der Waals surface area contributed by atoms with Crippen molar-refractivity contribution in [3.8, 4) is 5.88 Å². The highest BCUT2D eigenvalue weighted by Crippen LogP contribution is 2.20. The molecule has 0 radical (unpaired) electrons. The second-order valence-corrected chi connectivity index (χ2v) is 8.91. The zero-order chi connectivity index (χ0) is 23.2. The van der Waals surface area contributed by atoms with Crippen LogP contribution in [0.4, 0.5) is 0 Å². The molecule has 4 rings (SSSR count). The number of carbonyl (C=O) groups is 1. The largest absolute Gasteiger partial charge is 0.481 e. The van der Waals surface area contributed by atoms with E-state index >= 15 is 0 Å². The van der Waals surface area contributed by atoms with Crippen LogP contribution in [0, 0.1) is 5.92 Å². The van der Waals surface area contributed by atoms with Gasteiger partial charge in [-0.3, -0.25) is 14.7 Å². The van der Waals surface area contributed by atoms with Gasteiger partial charge < -0.3 is 14.4 Å². The van der Waals surface area contributed by atoms with Gasteiger partial charge in [0, 0.05) is 56.1 Å². The number of methoxy groups -OCH3 is 1. The molecular weight excluding hydrogens is 416 g/mol. The Morgan fingerprint density at radius 1 is 1.21 bits per heavy atom. The first-order valence-corrected chi connectivity index (χ1v) is 11.5. The Morgan fingerprint density at radius 2 is 2.03 bits per heavy atom. The van der Waals surface area contributed by atoms with E-state index in [2.05, 4.69) is 46.9 Å². The highest BCUT2D eigenvalue weighted by atomic mass is 16.5. The van der Waals surface area contributed by atoms with Crippen LogP contribution in [0.1, 0.15) is 25.0 Å². The van der Waals surface area contributed by atoms with Crippen LogP contribution in [0.25, 0.3) is 10.9 Å². The molecule has 0 spiro atoms. The van der Waals surface area contributed by atoms with Crippen molar-refractivity contribution in [3.05, 3.63) is 66.0 Å². The molecule has 3 aromatic rings. The molecule has 1 atom stereocenters. The second-order valence-electron chi connectivity index (χ2n) is 8.91. The standard InChI is InChI=1S/C26H32N4O3/c1-19(2)15-30(16-20-8-9-23-21(14-20)6-4-10-27-23)26(31)24-18-29(12-13-33-24)17-22-7-5-11-28-25(22)32-3/h4-11,14,19,24H,12-13,15-18H2,1-3H3. The predicted octanol–water partition coefficient (Wildman–Crippen LogP) is 3.52. The highest BCUT2D eigenvalue weighted by Gasteiger charge is 2.31. The number of aromatic nitrogens is 2. The third-order valence-corrected chi connectivity index (χ3v) is 5.80. The van der Waals surface area contributed by atoms with Gasteiger partial charge in [0.1, 0.15) is 6.10 Å². The Bertz CT molecular complexity index is 1090. The smallest absolute Gasteiger partial charge is 0.253 e. The van der Waals surface area contributed by atoms with Crippen LogP contribution in [0.2, 0.25) is 0 Å². The van der Waals surface area contributed by atoms with Gasteiger partial charge in [-0.2, -0.15) is 0 Å². The second kappa shape index (κ2) is 10.7. The third kappa shape index (κ3) is 5.86. The van der Waals surface area contributed by atoms with E-state index in [1.807, 2.05) is 29.2 Å². The molecule has 1 unspecified atom stereocenters. The monoisotopic (exact) mass is 448 g/mol. The third-order valence-electron chi connectivity index (χ3n) is 5.80. The topological polar surface area (TPSA) is 67.8 Å². The molecule has 1 fully saturated rings. The van der Waals surface area contributed by atoms with Crippen LogP contribution in [-0.4, -0.2) is 65.1 Å². The number of benzene rings is 1. The molecular formula is C26H32N4O3. The van der Waals surface area contributed by atoms with Crippen molar-refractivity contribution in [2.75, 3.05) is 33.4 Å². The first kappa shape index (κ1) is 23.1. The summed E-state index contributed by atoms with van der Waals surface area (Å²) in [6.07, 6.45) is 3.03. The normalized spacial score (nSPS) is 16.8. The molecule has 3 heterocycles. The summed E-state index contributed by atoms with van der Waals surface area (Å²) in [5.74, 6) is 1.02. The molecule has 7 nitrogen and oxygen atoms in total. The van der Waals surface area contributed by atoms with Crippen molar-refractivity contribution >= 4 is 16.8 Å². The fraction of sp³-hybridized carbons (Fsp3) is 0.423. The molecule has 1 saturated heterocycles. The van der Waals surface area contributed by atoms with Crippen LogP contribution < -0.4 is 4.74 Å². The number of morpholine rings is 1. The van der Waals surface area contributed by atoms with Crippen LogP contribution in [0.15, 0.2) is 54.9 Å². The van der Waals surface area contributed by atoms with Crippen molar-refractivity contribution in [2.45, 2.75) is 33.0 Å². The summed E-state index contributed by atoms with van der Waals surface area (Å²) in [5.41, 5.74) is 3.06. The molecule has 1 aromatic carbocycles. The number of nitrogens with zero attached hydrogens (tertiary/aromatic N) is 4. The molecule has 1 aliphatic heterocycles. The van der Waals surface area contributed by atoms with Gasteiger partial charge >= 0.3 is 0 Å². The van der Waals surface area contributed by atoms with Crippen LogP contribution in [-0.2, 0) is 22.6 Å². The first-order chi connectivity index (χ1) is 16.0. The van der Waals surface area contributed by atoms with Crippen LogP contribution in [0.5, 0.6) is 5.88 Å². The molecule has 7 heteroatoms. The Labute approximate surface area is 195 Å². The van der Waals surface area contributed by atoms with E-state index in [4.69, 9.17) is 9.47 Å². The van der Waals surface area contributed by atoms with E-state index < -0.39 is 6.10 Å². The van der Waals surface area contributed by atoms with Crippen molar-refractivity contribution in [2.24, 2.45) is 5.92 Å². The quantitative estimate of drug-likeness (QED) is 0.525. The number of pyridine rings is 2. The number of ether oxygens (including phenoxy) is 2. The lowest BCUT2D eigenvalue weighted by molar-refractivity contribution is -0.151. The molecule has 174 valence electrons. The Hall–Kier alpha value is -3.03. The number of hydrogen-bond acceptors (Lipinski definition) is 6. The summed E-state index contributed by atoms with van der Waals surface area (Å²) >= 11 is 0. The summed E-state index contributed by atoms with van der Waals surface area (Å²) in [6.45, 7) is 8.01. The molecule has 1 amide bonds. The van der Waals surface area contributed by atoms with Gasteiger partial charge in [-0.05, 0) is 35.7 Å². The summed E-state index contributed by atoms with van der Waals surface area (Å²) < 4.78 is 11.3. The number of rotatable bonds is 8.